The van der Waals surface area contributed by atoms with E-state index >= 15 is 0 Å². The Morgan fingerprint density at radius 2 is 1.77 bits per heavy atom. The molecule has 1 amide bonds. The lowest BCUT2D eigenvalue weighted by atomic mass is 9.64. The van der Waals surface area contributed by atoms with Crippen LogP contribution in [0.25, 0.3) is 0 Å². The molecule has 2 fully saturated rings. The zero-order chi connectivity index (χ0) is 18.6. The van der Waals surface area contributed by atoms with E-state index in [0.29, 0.717) is 0 Å². The first kappa shape index (κ1) is 19.2. The maximum atomic E-state index is 11.5. The quantitative estimate of drug-likeness (QED) is 0.601. The molecule has 0 spiro atoms. The van der Waals surface area contributed by atoms with Crippen LogP contribution in [0.5, 0.6) is 0 Å². The van der Waals surface area contributed by atoms with Crippen molar-refractivity contribution in [3.05, 3.63) is 34.3 Å². The minimum Gasteiger partial charge on any atom is -0.357 e. The highest BCUT2D eigenvalue weighted by Gasteiger charge is 2.38. The smallest absolute Gasteiger partial charge is 0.219 e. The highest BCUT2D eigenvalue weighted by molar-refractivity contribution is 9.10. The number of carbonyl (C=O) groups excluding carboxylic acids is 1. The molecule has 3 rings (SSSR count). The number of rotatable bonds is 4. The van der Waals surface area contributed by atoms with Gasteiger partial charge in [-0.15, -0.1) is 0 Å². The van der Waals surface area contributed by atoms with Crippen LogP contribution in [-0.2, 0) is 10.2 Å². The van der Waals surface area contributed by atoms with E-state index in [9.17, 15) is 4.79 Å². The van der Waals surface area contributed by atoms with Crippen molar-refractivity contribution >= 4 is 27.8 Å². The molecule has 0 unspecified atom stereocenters. The average Bonchev–Trinajstić information content (AvgIpc) is 2.61. The fourth-order valence-corrected chi connectivity index (χ4v) is 4.09. The molecule has 1 N–H and O–H groups in total. The van der Waals surface area contributed by atoms with E-state index in [1.165, 1.54) is 24.8 Å². The highest BCUT2D eigenvalue weighted by Crippen LogP contribution is 2.44. The summed E-state index contributed by atoms with van der Waals surface area (Å²) in [5.41, 5.74) is 1.58. The molecule has 0 bridgehead atoms. The molecular formula is C20H29BrN4O. The third-order valence-electron chi connectivity index (χ3n) is 5.66. The van der Waals surface area contributed by atoms with E-state index in [1.807, 2.05) is 4.90 Å². The summed E-state index contributed by atoms with van der Waals surface area (Å²) in [5, 5.41) is 3.44. The van der Waals surface area contributed by atoms with E-state index in [0.717, 1.165) is 49.7 Å². The van der Waals surface area contributed by atoms with E-state index in [2.05, 4.69) is 57.3 Å². The number of guanidine groups is 1. The normalized spacial score (nSPS) is 19.9. The lowest BCUT2D eigenvalue weighted by Crippen LogP contribution is -2.53. The molecular weight excluding hydrogens is 392 g/mol. The number of amides is 1. The van der Waals surface area contributed by atoms with Gasteiger partial charge in [0, 0.05) is 49.5 Å². The number of piperazine rings is 1. The van der Waals surface area contributed by atoms with Gasteiger partial charge in [-0.3, -0.25) is 9.79 Å². The number of hydrogen-bond donors (Lipinski definition) is 1. The predicted molar refractivity (Wildman–Crippen MR) is 109 cm³/mol. The summed E-state index contributed by atoms with van der Waals surface area (Å²) in [6.45, 7) is 8.67. The van der Waals surface area contributed by atoms with Crippen molar-refractivity contribution in [3.63, 3.8) is 0 Å². The third-order valence-corrected chi connectivity index (χ3v) is 6.19. The van der Waals surface area contributed by atoms with Crippen molar-refractivity contribution in [1.82, 2.24) is 15.1 Å². The predicted octanol–water partition coefficient (Wildman–Crippen LogP) is 3.00. The molecule has 6 heteroatoms. The molecule has 1 heterocycles. The molecule has 2 aliphatic rings. The molecule has 1 aliphatic carbocycles. The van der Waals surface area contributed by atoms with Crippen molar-refractivity contribution in [2.45, 2.75) is 38.5 Å². The first-order valence-electron chi connectivity index (χ1n) is 9.59. The Hall–Kier alpha value is -1.56. The molecule has 0 atom stereocenters. The summed E-state index contributed by atoms with van der Waals surface area (Å²) in [4.78, 5) is 20.8. The number of aliphatic imine (C=N–C) groups is 1. The maximum Gasteiger partial charge on any atom is 0.219 e. The number of carbonyl (C=O) groups is 1. The molecule has 1 aromatic rings. The van der Waals surface area contributed by atoms with E-state index in [1.54, 1.807) is 6.92 Å². The van der Waals surface area contributed by atoms with Gasteiger partial charge in [0.25, 0.3) is 0 Å². The summed E-state index contributed by atoms with van der Waals surface area (Å²) in [6, 6.07) is 8.73. The maximum absolute atomic E-state index is 11.5. The van der Waals surface area contributed by atoms with Crippen molar-refractivity contribution in [2.24, 2.45) is 4.99 Å². The average molecular weight is 421 g/mol. The molecule has 1 aliphatic heterocycles. The van der Waals surface area contributed by atoms with Gasteiger partial charge in [-0.05, 0) is 37.5 Å². The lowest BCUT2D eigenvalue weighted by Gasteiger charge is -2.42. The number of benzene rings is 1. The summed E-state index contributed by atoms with van der Waals surface area (Å²) < 4.78 is 1.12. The van der Waals surface area contributed by atoms with Crippen LogP contribution in [-0.4, -0.2) is 60.9 Å². The van der Waals surface area contributed by atoms with Gasteiger partial charge in [-0.2, -0.15) is 0 Å². The Kier molecular flexibility index (Phi) is 6.22. The van der Waals surface area contributed by atoms with E-state index in [4.69, 9.17) is 4.99 Å². The second-order valence-electron chi connectivity index (χ2n) is 7.30. The standard InChI is InChI=1S/C20H29BrN4O/c1-3-22-19(25-13-11-24(12-14-25)16(2)26)23-15-20(9-4-10-20)17-5-7-18(21)8-6-17/h5-8H,3-4,9-15H2,1-2H3,(H,22,23). The molecule has 26 heavy (non-hydrogen) atoms. The lowest BCUT2D eigenvalue weighted by molar-refractivity contribution is -0.130. The first-order chi connectivity index (χ1) is 12.5. The first-order valence-corrected chi connectivity index (χ1v) is 10.4. The van der Waals surface area contributed by atoms with Gasteiger partial charge in [0.1, 0.15) is 0 Å². The largest absolute Gasteiger partial charge is 0.357 e. The minimum atomic E-state index is 0.162. The fourth-order valence-electron chi connectivity index (χ4n) is 3.83. The highest BCUT2D eigenvalue weighted by atomic mass is 79.9. The molecule has 1 saturated carbocycles. The Bertz CT molecular complexity index is 646. The van der Waals surface area contributed by atoms with Crippen molar-refractivity contribution in [2.75, 3.05) is 39.3 Å². The van der Waals surface area contributed by atoms with Crippen LogP contribution in [0.2, 0.25) is 0 Å². The van der Waals surface area contributed by atoms with Gasteiger partial charge in [0.15, 0.2) is 5.96 Å². The van der Waals surface area contributed by atoms with Crippen LogP contribution in [0.1, 0.15) is 38.7 Å². The monoisotopic (exact) mass is 420 g/mol. The number of nitrogens with one attached hydrogen (secondary N) is 1. The second-order valence-corrected chi connectivity index (χ2v) is 8.22. The van der Waals surface area contributed by atoms with Crippen LogP contribution in [0, 0.1) is 0 Å². The van der Waals surface area contributed by atoms with Crippen LogP contribution in [0.4, 0.5) is 0 Å². The molecule has 142 valence electrons. The Morgan fingerprint density at radius 1 is 1.15 bits per heavy atom. The van der Waals surface area contributed by atoms with Gasteiger partial charge < -0.3 is 15.1 Å². The van der Waals surface area contributed by atoms with E-state index < -0.39 is 0 Å². The second kappa shape index (κ2) is 8.42. The van der Waals surface area contributed by atoms with Crippen LogP contribution >= 0.6 is 15.9 Å². The Labute approximate surface area is 165 Å². The van der Waals surface area contributed by atoms with Crippen molar-refractivity contribution in [1.29, 1.82) is 0 Å². The fraction of sp³-hybridized carbons (Fsp3) is 0.600. The van der Waals surface area contributed by atoms with Crippen molar-refractivity contribution < 1.29 is 4.79 Å². The van der Waals surface area contributed by atoms with Crippen LogP contribution in [0.15, 0.2) is 33.7 Å². The molecule has 0 radical (unpaired) electrons. The van der Waals surface area contributed by atoms with Gasteiger partial charge in [0.2, 0.25) is 5.91 Å². The van der Waals surface area contributed by atoms with Gasteiger partial charge >= 0.3 is 0 Å². The number of hydrogen-bond acceptors (Lipinski definition) is 2. The SMILES string of the molecule is CCNC(=NCC1(c2ccc(Br)cc2)CCC1)N1CCN(C(C)=O)CC1. The molecule has 5 nitrogen and oxygen atoms in total. The number of nitrogens with zero attached hydrogens (tertiary/aromatic N) is 3. The zero-order valence-corrected chi connectivity index (χ0v) is 17.4. The number of halogens is 1. The zero-order valence-electron chi connectivity index (χ0n) is 15.8. The van der Waals surface area contributed by atoms with E-state index in [-0.39, 0.29) is 11.3 Å². The summed E-state index contributed by atoms with van der Waals surface area (Å²) in [6.07, 6.45) is 3.69. The van der Waals surface area contributed by atoms with Gasteiger partial charge in [-0.1, -0.05) is 34.5 Å². The van der Waals surface area contributed by atoms with Crippen molar-refractivity contribution in [3.8, 4) is 0 Å². The third kappa shape index (κ3) is 4.22. The van der Waals surface area contributed by atoms with Gasteiger partial charge in [0.05, 0.1) is 6.54 Å². The molecule has 1 saturated heterocycles. The molecule has 0 aromatic heterocycles. The Balaban J connectivity index is 1.70. The summed E-state index contributed by atoms with van der Waals surface area (Å²) in [7, 11) is 0. The Morgan fingerprint density at radius 3 is 2.27 bits per heavy atom. The van der Waals surface area contributed by atoms with Crippen LogP contribution < -0.4 is 5.32 Å². The summed E-state index contributed by atoms with van der Waals surface area (Å²) >= 11 is 3.53. The topological polar surface area (TPSA) is 47.9 Å². The minimum absolute atomic E-state index is 0.162. The van der Waals surface area contributed by atoms with Crippen LogP contribution in [0.3, 0.4) is 0 Å². The molecule has 1 aromatic carbocycles. The summed E-state index contributed by atoms with van der Waals surface area (Å²) in [5.74, 6) is 1.15. The van der Waals surface area contributed by atoms with Gasteiger partial charge in [-0.25, -0.2) is 0 Å².